The van der Waals surface area contributed by atoms with Crippen molar-refractivity contribution in [3.63, 3.8) is 0 Å². The Morgan fingerprint density at radius 1 is 1.09 bits per heavy atom. The summed E-state index contributed by atoms with van der Waals surface area (Å²) in [5.74, 6) is -1.95. The van der Waals surface area contributed by atoms with Gasteiger partial charge in [0.15, 0.2) is 5.69 Å². The van der Waals surface area contributed by atoms with Crippen molar-refractivity contribution in [2.24, 2.45) is 7.05 Å². The quantitative estimate of drug-likeness (QED) is 0.548. The Morgan fingerprint density at radius 3 is 2.28 bits per heavy atom. The minimum absolute atomic E-state index is 0.0474. The molecule has 3 aromatic rings. The number of rotatable bonds is 6. The Kier molecular flexibility index (Phi) is 5.63. The molecule has 1 atom stereocenters. The van der Waals surface area contributed by atoms with Crippen LogP contribution in [-0.2, 0) is 16.6 Å². The van der Waals surface area contributed by atoms with Gasteiger partial charge in [-0.1, -0.05) is 48.5 Å². The van der Waals surface area contributed by atoms with Gasteiger partial charge >= 0.3 is 12.1 Å². The Balaban J connectivity index is 1.37. The van der Waals surface area contributed by atoms with Crippen LogP contribution in [0.3, 0.4) is 0 Å². The van der Waals surface area contributed by atoms with Crippen molar-refractivity contribution in [2.75, 3.05) is 11.9 Å². The Labute approximate surface area is 184 Å². The molecular weight excluding hydrogens is 412 g/mol. The van der Waals surface area contributed by atoms with E-state index in [0.717, 1.165) is 22.3 Å². The second kappa shape index (κ2) is 8.54. The number of anilines is 1. The third kappa shape index (κ3) is 4.04. The number of nitrogens with zero attached hydrogens (tertiary/aromatic N) is 2. The zero-order chi connectivity index (χ0) is 22.8. The van der Waals surface area contributed by atoms with Crippen molar-refractivity contribution in [3.05, 3.63) is 71.5 Å². The van der Waals surface area contributed by atoms with E-state index in [1.807, 2.05) is 48.5 Å². The molecule has 0 unspecified atom stereocenters. The van der Waals surface area contributed by atoms with E-state index < -0.39 is 24.0 Å². The van der Waals surface area contributed by atoms with Gasteiger partial charge in [0.2, 0.25) is 5.91 Å². The number of aromatic carboxylic acids is 1. The summed E-state index contributed by atoms with van der Waals surface area (Å²) in [5.41, 5.74) is 4.18. The highest BCUT2D eigenvalue weighted by atomic mass is 16.5. The Hall–Kier alpha value is -4.14. The first kappa shape index (κ1) is 21.1. The predicted octanol–water partition coefficient (Wildman–Crippen LogP) is 2.98. The maximum Gasteiger partial charge on any atom is 0.407 e. The minimum atomic E-state index is -1.27. The number of carbonyl (C=O) groups excluding carboxylic acids is 2. The number of aryl methyl sites for hydroxylation is 1. The molecular formula is C23H22N4O5. The first-order valence-corrected chi connectivity index (χ1v) is 10.0. The second-order valence-electron chi connectivity index (χ2n) is 7.55. The number of amides is 2. The highest BCUT2D eigenvalue weighted by Gasteiger charge is 2.29. The SMILES string of the molecule is C[C@@H](NC(=O)OCC1c2ccccc2-c2ccccc21)C(=O)Nc1cn(C)nc1C(=O)O. The number of hydrogen-bond donors (Lipinski definition) is 3. The molecule has 9 heteroatoms. The molecule has 0 saturated carbocycles. The van der Waals surface area contributed by atoms with Crippen LogP contribution in [-0.4, -0.2) is 45.5 Å². The molecule has 9 nitrogen and oxygen atoms in total. The van der Waals surface area contributed by atoms with Crippen molar-refractivity contribution in [3.8, 4) is 11.1 Å². The summed E-state index contributed by atoms with van der Waals surface area (Å²) >= 11 is 0. The number of fused-ring (bicyclic) bond motifs is 3. The average molecular weight is 434 g/mol. The summed E-state index contributed by atoms with van der Waals surface area (Å²) in [5, 5.41) is 17.9. The van der Waals surface area contributed by atoms with Crippen LogP contribution in [0.4, 0.5) is 10.5 Å². The van der Waals surface area contributed by atoms with Gasteiger partial charge in [-0.2, -0.15) is 5.10 Å². The summed E-state index contributed by atoms with van der Waals surface area (Å²) in [7, 11) is 1.54. The highest BCUT2D eigenvalue weighted by Crippen LogP contribution is 2.44. The number of hydrogen-bond acceptors (Lipinski definition) is 5. The Morgan fingerprint density at radius 2 is 1.69 bits per heavy atom. The van der Waals surface area contributed by atoms with Gasteiger partial charge in [0.25, 0.3) is 0 Å². The van der Waals surface area contributed by atoms with Crippen LogP contribution in [0.15, 0.2) is 54.7 Å². The standard InChI is InChI=1S/C23H22N4O5/c1-13(21(28)25-19-11-27(2)26-20(19)22(29)30)24-23(31)32-12-18-16-9-5-3-7-14(16)15-8-4-6-10-17(15)18/h3-11,13,18H,12H2,1-2H3,(H,24,31)(H,25,28)(H,29,30)/t13-/m1/s1. The topological polar surface area (TPSA) is 123 Å². The molecule has 1 aliphatic carbocycles. The van der Waals surface area contributed by atoms with Gasteiger partial charge in [-0.15, -0.1) is 0 Å². The molecule has 3 N–H and O–H groups in total. The molecule has 2 aromatic carbocycles. The van der Waals surface area contributed by atoms with Crippen LogP contribution in [0.25, 0.3) is 11.1 Å². The van der Waals surface area contributed by atoms with Gasteiger partial charge in [0, 0.05) is 19.2 Å². The van der Waals surface area contributed by atoms with Crippen LogP contribution in [0.1, 0.15) is 34.5 Å². The molecule has 164 valence electrons. The molecule has 1 heterocycles. The molecule has 0 saturated heterocycles. The van der Waals surface area contributed by atoms with E-state index in [1.165, 1.54) is 17.8 Å². The normalized spacial score (nSPS) is 13.1. The van der Waals surface area contributed by atoms with Crippen molar-refractivity contribution in [1.82, 2.24) is 15.1 Å². The van der Waals surface area contributed by atoms with E-state index in [9.17, 15) is 19.5 Å². The van der Waals surface area contributed by atoms with Crippen LogP contribution in [0.5, 0.6) is 0 Å². The van der Waals surface area contributed by atoms with Crippen molar-refractivity contribution in [2.45, 2.75) is 18.9 Å². The zero-order valence-corrected chi connectivity index (χ0v) is 17.5. The van der Waals surface area contributed by atoms with Crippen LogP contribution < -0.4 is 10.6 Å². The fourth-order valence-electron chi connectivity index (χ4n) is 3.86. The number of carboxylic acids is 1. The predicted molar refractivity (Wildman–Crippen MR) is 116 cm³/mol. The van der Waals surface area contributed by atoms with E-state index in [4.69, 9.17) is 4.74 Å². The van der Waals surface area contributed by atoms with Gasteiger partial charge in [-0.05, 0) is 29.2 Å². The highest BCUT2D eigenvalue weighted by molar-refractivity contribution is 6.01. The van der Waals surface area contributed by atoms with Crippen LogP contribution in [0.2, 0.25) is 0 Å². The van der Waals surface area contributed by atoms with Gasteiger partial charge in [-0.3, -0.25) is 9.48 Å². The zero-order valence-electron chi connectivity index (χ0n) is 17.5. The van der Waals surface area contributed by atoms with E-state index in [0.29, 0.717) is 0 Å². The number of carboxylic acid groups (broad SMARTS) is 1. The molecule has 32 heavy (non-hydrogen) atoms. The van der Waals surface area contributed by atoms with Gasteiger partial charge < -0.3 is 20.5 Å². The number of benzene rings is 2. The number of carbonyl (C=O) groups is 3. The molecule has 2 amide bonds. The minimum Gasteiger partial charge on any atom is -0.476 e. The maximum atomic E-state index is 12.4. The first-order valence-electron chi connectivity index (χ1n) is 10.0. The molecule has 0 bridgehead atoms. The summed E-state index contributed by atoms with van der Waals surface area (Å²) in [6.45, 7) is 1.60. The van der Waals surface area contributed by atoms with Crippen molar-refractivity contribution < 1.29 is 24.2 Å². The van der Waals surface area contributed by atoms with E-state index in [1.54, 1.807) is 7.05 Å². The maximum absolute atomic E-state index is 12.4. The molecule has 0 fully saturated rings. The lowest BCUT2D eigenvalue weighted by Crippen LogP contribution is -2.42. The molecule has 1 aliphatic rings. The smallest absolute Gasteiger partial charge is 0.407 e. The second-order valence-corrected chi connectivity index (χ2v) is 7.55. The largest absolute Gasteiger partial charge is 0.476 e. The first-order chi connectivity index (χ1) is 15.3. The lowest BCUT2D eigenvalue weighted by Gasteiger charge is -2.17. The molecule has 0 spiro atoms. The van der Waals surface area contributed by atoms with Gasteiger partial charge in [0.05, 0.1) is 5.69 Å². The Bertz CT molecular complexity index is 1160. The number of alkyl carbamates (subject to hydrolysis) is 1. The third-order valence-electron chi connectivity index (χ3n) is 5.36. The average Bonchev–Trinajstić information content (AvgIpc) is 3.30. The van der Waals surface area contributed by atoms with Gasteiger partial charge in [-0.25, -0.2) is 9.59 Å². The van der Waals surface area contributed by atoms with E-state index in [2.05, 4.69) is 15.7 Å². The van der Waals surface area contributed by atoms with Gasteiger partial charge in [0.1, 0.15) is 12.6 Å². The van der Waals surface area contributed by atoms with Crippen molar-refractivity contribution >= 4 is 23.7 Å². The van der Waals surface area contributed by atoms with E-state index in [-0.39, 0.29) is 23.9 Å². The summed E-state index contributed by atoms with van der Waals surface area (Å²) < 4.78 is 6.72. The van der Waals surface area contributed by atoms with Crippen LogP contribution in [0, 0.1) is 0 Å². The number of ether oxygens (including phenoxy) is 1. The summed E-state index contributed by atoms with van der Waals surface area (Å²) in [4.78, 5) is 36.0. The molecule has 0 aliphatic heterocycles. The molecule has 1 aromatic heterocycles. The fourth-order valence-corrected chi connectivity index (χ4v) is 3.86. The lowest BCUT2D eigenvalue weighted by molar-refractivity contribution is -0.117. The molecule has 4 rings (SSSR count). The molecule has 0 radical (unpaired) electrons. The fraction of sp³-hybridized carbons (Fsp3) is 0.217. The van der Waals surface area contributed by atoms with E-state index >= 15 is 0 Å². The third-order valence-corrected chi connectivity index (χ3v) is 5.36. The monoisotopic (exact) mass is 434 g/mol. The lowest BCUT2D eigenvalue weighted by atomic mass is 9.98. The number of aromatic nitrogens is 2. The number of nitrogens with one attached hydrogen (secondary N) is 2. The van der Waals surface area contributed by atoms with Crippen molar-refractivity contribution in [1.29, 1.82) is 0 Å². The van der Waals surface area contributed by atoms with Crippen LogP contribution >= 0.6 is 0 Å². The summed E-state index contributed by atoms with van der Waals surface area (Å²) in [6, 6.07) is 15.0. The summed E-state index contributed by atoms with van der Waals surface area (Å²) in [6.07, 6.45) is 0.639.